The van der Waals surface area contributed by atoms with Gasteiger partial charge in [-0.1, -0.05) is 43.2 Å². The zero-order chi connectivity index (χ0) is 17.5. The van der Waals surface area contributed by atoms with Crippen molar-refractivity contribution in [3.05, 3.63) is 59.9 Å². The number of aryl methyl sites for hydroxylation is 1. The molecule has 3 aromatic rings. The highest BCUT2D eigenvalue weighted by atomic mass is 32.1. The Kier molecular flexibility index (Phi) is 5.85. The minimum absolute atomic E-state index is 0.169. The van der Waals surface area contributed by atoms with Crippen LogP contribution in [0.4, 0.5) is 5.13 Å². The Morgan fingerprint density at radius 2 is 1.80 bits per heavy atom. The molecule has 5 nitrogen and oxygen atoms in total. The SMILES string of the molecule is CCCCCc1ccc(C(=O)Nc2nnc(-c3ccncc3)s2)cc1. The molecular formula is C19H20N4OS. The predicted molar refractivity (Wildman–Crippen MR) is 101 cm³/mol. The van der Waals surface area contributed by atoms with Gasteiger partial charge in [0.15, 0.2) is 0 Å². The predicted octanol–water partition coefficient (Wildman–Crippen LogP) is 4.59. The second-order valence-corrected chi connectivity index (χ2v) is 6.73. The van der Waals surface area contributed by atoms with E-state index < -0.39 is 0 Å². The number of hydrogen-bond acceptors (Lipinski definition) is 5. The first kappa shape index (κ1) is 17.2. The molecule has 0 saturated carbocycles. The maximum absolute atomic E-state index is 12.3. The van der Waals surface area contributed by atoms with Gasteiger partial charge in [0, 0.05) is 23.5 Å². The number of carbonyl (C=O) groups is 1. The molecule has 0 radical (unpaired) electrons. The van der Waals surface area contributed by atoms with E-state index in [1.54, 1.807) is 12.4 Å². The number of carbonyl (C=O) groups excluding carboxylic acids is 1. The number of aromatic nitrogens is 3. The highest BCUT2D eigenvalue weighted by Crippen LogP contribution is 2.25. The molecule has 0 fully saturated rings. The topological polar surface area (TPSA) is 67.8 Å². The van der Waals surface area contributed by atoms with E-state index in [0.29, 0.717) is 10.7 Å². The summed E-state index contributed by atoms with van der Waals surface area (Å²) in [6.07, 6.45) is 8.10. The number of benzene rings is 1. The highest BCUT2D eigenvalue weighted by Gasteiger charge is 2.11. The van der Waals surface area contributed by atoms with Crippen molar-refractivity contribution in [1.82, 2.24) is 15.2 Å². The van der Waals surface area contributed by atoms with Gasteiger partial charge >= 0.3 is 0 Å². The molecule has 0 bridgehead atoms. The van der Waals surface area contributed by atoms with Crippen LogP contribution in [0.3, 0.4) is 0 Å². The summed E-state index contributed by atoms with van der Waals surface area (Å²) in [4.78, 5) is 16.3. The van der Waals surface area contributed by atoms with Gasteiger partial charge in [0.2, 0.25) is 5.13 Å². The number of nitrogens with one attached hydrogen (secondary N) is 1. The Morgan fingerprint density at radius 1 is 1.04 bits per heavy atom. The van der Waals surface area contributed by atoms with E-state index in [9.17, 15) is 4.79 Å². The Bertz CT molecular complexity index is 815. The lowest BCUT2D eigenvalue weighted by Gasteiger charge is -2.04. The summed E-state index contributed by atoms with van der Waals surface area (Å²) >= 11 is 1.34. The van der Waals surface area contributed by atoms with Crippen LogP contribution in [0.1, 0.15) is 42.1 Å². The normalized spacial score (nSPS) is 10.6. The van der Waals surface area contributed by atoms with E-state index in [0.717, 1.165) is 17.0 Å². The van der Waals surface area contributed by atoms with Gasteiger partial charge in [-0.15, -0.1) is 10.2 Å². The molecule has 1 N–H and O–H groups in total. The molecule has 128 valence electrons. The van der Waals surface area contributed by atoms with E-state index in [1.165, 1.54) is 36.2 Å². The first-order valence-electron chi connectivity index (χ1n) is 8.40. The molecule has 1 aromatic carbocycles. The van der Waals surface area contributed by atoms with Crippen molar-refractivity contribution in [1.29, 1.82) is 0 Å². The van der Waals surface area contributed by atoms with Crippen LogP contribution >= 0.6 is 11.3 Å². The molecule has 6 heteroatoms. The maximum Gasteiger partial charge on any atom is 0.257 e. The zero-order valence-corrected chi connectivity index (χ0v) is 14.9. The van der Waals surface area contributed by atoms with E-state index in [-0.39, 0.29) is 5.91 Å². The summed E-state index contributed by atoms with van der Waals surface area (Å²) in [6, 6.07) is 11.5. The quantitative estimate of drug-likeness (QED) is 0.632. The van der Waals surface area contributed by atoms with Crippen molar-refractivity contribution in [3.8, 4) is 10.6 Å². The Morgan fingerprint density at radius 3 is 2.52 bits per heavy atom. The molecule has 2 heterocycles. The summed E-state index contributed by atoms with van der Waals surface area (Å²) in [5.74, 6) is -0.169. The molecule has 0 atom stereocenters. The number of hydrogen-bond donors (Lipinski definition) is 1. The molecule has 0 aliphatic rings. The average molecular weight is 352 g/mol. The zero-order valence-electron chi connectivity index (χ0n) is 14.1. The van der Waals surface area contributed by atoms with Crippen LogP contribution in [0.5, 0.6) is 0 Å². The molecule has 25 heavy (non-hydrogen) atoms. The van der Waals surface area contributed by atoms with E-state index in [2.05, 4.69) is 27.4 Å². The van der Waals surface area contributed by atoms with Gasteiger partial charge in [-0.2, -0.15) is 0 Å². The number of unbranched alkanes of at least 4 members (excludes halogenated alkanes) is 2. The first-order chi connectivity index (χ1) is 12.3. The minimum atomic E-state index is -0.169. The molecule has 0 saturated heterocycles. The number of rotatable bonds is 7. The maximum atomic E-state index is 12.3. The van der Waals surface area contributed by atoms with Gasteiger partial charge in [-0.25, -0.2) is 0 Å². The van der Waals surface area contributed by atoms with E-state index in [1.807, 2.05) is 36.4 Å². The van der Waals surface area contributed by atoms with Crippen molar-refractivity contribution >= 4 is 22.4 Å². The fourth-order valence-corrected chi connectivity index (χ4v) is 3.20. The molecule has 3 rings (SSSR count). The smallest absolute Gasteiger partial charge is 0.257 e. The second kappa shape index (κ2) is 8.48. The third kappa shape index (κ3) is 4.70. The minimum Gasteiger partial charge on any atom is -0.296 e. The van der Waals surface area contributed by atoms with E-state index >= 15 is 0 Å². The average Bonchev–Trinajstić information content (AvgIpc) is 3.12. The molecule has 0 spiro atoms. The summed E-state index contributed by atoms with van der Waals surface area (Å²) in [7, 11) is 0. The first-order valence-corrected chi connectivity index (χ1v) is 9.22. The van der Waals surface area contributed by atoms with Crippen LogP contribution in [0, 0.1) is 0 Å². The Labute approximate surface area is 151 Å². The van der Waals surface area contributed by atoms with Gasteiger partial charge in [0.25, 0.3) is 5.91 Å². The Hall–Kier alpha value is -2.60. The highest BCUT2D eigenvalue weighted by molar-refractivity contribution is 7.18. The molecular weight excluding hydrogens is 332 g/mol. The molecule has 0 aliphatic carbocycles. The third-order valence-electron chi connectivity index (χ3n) is 3.86. The van der Waals surface area contributed by atoms with E-state index in [4.69, 9.17) is 0 Å². The van der Waals surface area contributed by atoms with Crippen molar-refractivity contribution < 1.29 is 4.79 Å². The van der Waals surface area contributed by atoms with Crippen LogP contribution < -0.4 is 5.32 Å². The fourth-order valence-electron chi connectivity index (χ4n) is 2.46. The molecule has 2 aromatic heterocycles. The van der Waals surface area contributed by atoms with Crippen molar-refractivity contribution in [3.63, 3.8) is 0 Å². The van der Waals surface area contributed by atoms with Crippen LogP contribution in [0.15, 0.2) is 48.8 Å². The molecule has 1 amide bonds. The van der Waals surface area contributed by atoms with Crippen molar-refractivity contribution in [2.75, 3.05) is 5.32 Å². The standard InChI is InChI=1S/C19H20N4OS/c1-2-3-4-5-14-6-8-15(9-7-14)17(24)21-19-23-22-18(25-19)16-10-12-20-13-11-16/h6-13H,2-5H2,1H3,(H,21,23,24). The number of amides is 1. The van der Waals surface area contributed by atoms with Crippen LogP contribution in [-0.2, 0) is 6.42 Å². The van der Waals surface area contributed by atoms with Gasteiger partial charge in [0.1, 0.15) is 5.01 Å². The summed E-state index contributed by atoms with van der Waals surface area (Å²) in [6.45, 7) is 2.20. The summed E-state index contributed by atoms with van der Waals surface area (Å²) in [5, 5.41) is 12.2. The molecule has 0 unspecified atom stereocenters. The number of nitrogens with zero attached hydrogens (tertiary/aromatic N) is 3. The molecule has 0 aliphatic heterocycles. The third-order valence-corrected chi connectivity index (χ3v) is 4.75. The number of anilines is 1. The Balaban J connectivity index is 1.61. The summed E-state index contributed by atoms with van der Waals surface area (Å²) < 4.78 is 0. The largest absolute Gasteiger partial charge is 0.296 e. The lowest BCUT2D eigenvalue weighted by Crippen LogP contribution is -2.11. The number of pyridine rings is 1. The van der Waals surface area contributed by atoms with Gasteiger partial charge in [0.05, 0.1) is 0 Å². The van der Waals surface area contributed by atoms with Crippen LogP contribution in [-0.4, -0.2) is 21.1 Å². The second-order valence-electron chi connectivity index (χ2n) is 5.76. The van der Waals surface area contributed by atoms with Gasteiger partial charge in [-0.3, -0.25) is 15.1 Å². The van der Waals surface area contributed by atoms with Gasteiger partial charge in [-0.05, 0) is 42.7 Å². The summed E-state index contributed by atoms with van der Waals surface area (Å²) in [5.41, 5.74) is 2.82. The van der Waals surface area contributed by atoms with Crippen molar-refractivity contribution in [2.24, 2.45) is 0 Å². The van der Waals surface area contributed by atoms with Crippen molar-refractivity contribution in [2.45, 2.75) is 32.6 Å². The fraction of sp³-hybridized carbons (Fsp3) is 0.263. The lowest BCUT2D eigenvalue weighted by molar-refractivity contribution is 0.102. The van der Waals surface area contributed by atoms with Crippen LogP contribution in [0.25, 0.3) is 10.6 Å². The van der Waals surface area contributed by atoms with Crippen LogP contribution in [0.2, 0.25) is 0 Å². The lowest BCUT2D eigenvalue weighted by atomic mass is 10.1. The monoisotopic (exact) mass is 352 g/mol. The van der Waals surface area contributed by atoms with Gasteiger partial charge < -0.3 is 0 Å².